The third kappa shape index (κ3) is 5.54. The number of ether oxygens (including phenoxy) is 1. The number of nitrogens with zero attached hydrogens (tertiary/aromatic N) is 2. The molecule has 1 aliphatic heterocycles. The van der Waals surface area contributed by atoms with Crippen molar-refractivity contribution in [2.45, 2.75) is 38.5 Å². The number of H-pyrrole nitrogens is 1. The average molecular weight is 459 g/mol. The number of hydrogen-bond acceptors (Lipinski definition) is 4. The molecule has 3 aromatic rings. The fourth-order valence-electron chi connectivity index (χ4n) is 4.10. The maximum absolute atomic E-state index is 13.0. The van der Waals surface area contributed by atoms with Gasteiger partial charge in [-0.05, 0) is 62.2 Å². The van der Waals surface area contributed by atoms with Crippen molar-refractivity contribution in [1.82, 2.24) is 14.5 Å². The second-order valence-electron chi connectivity index (χ2n) is 8.28. The van der Waals surface area contributed by atoms with Gasteiger partial charge in [0.05, 0.1) is 11.6 Å². The van der Waals surface area contributed by atoms with Gasteiger partial charge in [-0.3, -0.25) is 19.2 Å². The molecule has 0 spiro atoms. The van der Waals surface area contributed by atoms with Crippen LogP contribution in [0.25, 0.3) is 0 Å². The molecule has 6 nitrogen and oxygen atoms in total. The van der Waals surface area contributed by atoms with Crippen LogP contribution in [0.3, 0.4) is 0 Å². The molecule has 0 radical (unpaired) electrons. The summed E-state index contributed by atoms with van der Waals surface area (Å²) in [7, 11) is 0. The highest BCUT2D eigenvalue weighted by molar-refractivity contribution is 5.36. The molecule has 0 aliphatic carbocycles. The quantitative estimate of drug-likeness (QED) is 0.611. The van der Waals surface area contributed by atoms with Crippen LogP contribution in [-0.4, -0.2) is 27.5 Å². The van der Waals surface area contributed by atoms with E-state index in [9.17, 15) is 22.8 Å². The summed E-state index contributed by atoms with van der Waals surface area (Å²) in [6, 6.07) is 12.0. The van der Waals surface area contributed by atoms with Crippen LogP contribution in [0.1, 0.15) is 35.6 Å². The molecule has 1 aliphatic rings. The van der Waals surface area contributed by atoms with Gasteiger partial charge in [0.25, 0.3) is 5.56 Å². The molecule has 33 heavy (non-hydrogen) atoms. The number of hydrogen-bond donors (Lipinski definition) is 1. The van der Waals surface area contributed by atoms with Crippen molar-refractivity contribution in [3.05, 3.63) is 92.3 Å². The topological polar surface area (TPSA) is 67.3 Å². The second-order valence-corrected chi connectivity index (χ2v) is 8.28. The van der Waals surface area contributed by atoms with Gasteiger partial charge in [0.15, 0.2) is 0 Å². The fraction of sp³-hybridized carbons (Fsp3) is 0.333. The number of nitrogens with one attached hydrogen (secondary N) is 1. The summed E-state index contributed by atoms with van der Waals surface area (Å²) in [6.07, 6.45) is -1.09. The van der Waals surface area contributed by atoms with E-state index in [4.69, 9.17) is 4.74 Å². The van der Waals surface area contributed by atoms with Gasteiger partial charge in [-0.1, -0.05) is 18.2 Å². The SMILES string of the molecule is Cc1cn([C@H]2CCCN(Cc3cccc(Oc4cccc(C(F)(F)F)c4)c3)C2)c(=O)[nH]c1=O. The van der Waals surface area contributed by atoms with Crippen molar-refractivity contribution in [3.8, 4) is 11.5 Å². The summed E-state index contributed by atoms with van der Waals surface area (Å²) < 4.78 is 46.1. The van der Waals surface area contributed by atoms with Crippen molar-refractivity contribution in [2.24, 2.45) is 0 Å². The molecule has 1 fully saturated rings. The van der Waals surface area contributed by atoms with Gasteiger partial charge in [-0.25, -0.2) is 4.79 Å². The first-order valence-electron chi connectivity index (χ1n) is 10.7. The first-order valence-corrected chi connectivity index (χ1v) is 10.7. The second kappa shape index (κ2) is 9.27. The lowest BCUT2D eigenvalue weighted by atomic mass is 10.0. The van der Waals surface area contributed by atoms with Crippen LogP contribution in [0.4, 0.5) is 13.2 Å². The summed E-state index contributed by atoms with van der Waals surface area (Å²) in [5.41, 5.74) is -0.102. The minimum atomic E-state index is -4.43. The standard InChI is InChI=1S/C24H24F3N3O3/c1-16-13-30(23(32)28-22(16)31)19-7-4-10-29(15-19)14-17-5-2-8-20(11-17)33-21-9-3-6-18(12-21)24(25,26)27/h2-3,5-6,8-9,11-13,19H,4,7,10,14-15H2,1H3,(H,28,31,32)/t19-/m0/s1. The molecule has 0 bridgehead atoms. The number of likely N-dealkylation sites (tertiary alicyclic amines) is 1. The first kappa shape index (κ1) is 22.8. The molecule has 1 saturated heterocycles. The molecule has 0 unspecified atom stereocenters. The van der Waals surface area contributed by atoms with Crippen LogP contribution < -0.4 is 16.0 Å². The van der Waals surface area contributed by atoms with Crippen molar-refractivity contribution >= 4 is 0 Å². The van der Waals surface area contributed by atoms with Gasteiger partial charge < -0.3 is 4.74 Å². The Morgan fingerprint density at radius 2 is 1.82 bits per heavy atom. The van der Waals surface area contributed by atoms with Crippen LogP contribution in [-0.2, 0) is 12.7 Å². The number of aromatic nitrogens is 2. The first-order chi connectivity index (χ1) is 15.7. The van der Waals surface area contributed by atoms with Gasteiger partial charge in [0.2, 0.25) is 0 Å². The molecule has 1 atom stereocenters. The van der Waals surface area contributed by atoms with E-state index in [2.05, 4.69) is 9.88 Å². The Kier molecular flexibility index (Phi) is 6.42. The number of benzene rings is 2. The molecule has 4 rings (SSSR count). The van der Waals surface area contributed by atoms with Crippen molar-refractivity contribution < 1.29 is 17.9 Å². The highest BCUT2D eigenvalue weighted by Crippen LogP contribution is 2.33. The van der Waals surface area contributed by atoms with Gasteiger partial charge in [-0.15, -0.1) is 0 Å². The van der Waals surface area contributed by atoms with Gasteiger partial charge in [0.1, 0.15) is 11.5 Å². The predicted octanol–water partition coefficient (Wildman–Crippen LogP) is 4.49. The van der Waals surface area contributed by atoms with Gasteiger partial charge in [-0.2, -0.15) is 13.2 Å². The lowest BCUT2D eigenvalue weighted by Gasteiger charge is -2.33. The Balaban J connectivity index is 1.46. The maximum atomic E-state index is 13.0. The van der Waals surface area contributed by atoms with Crippen LogP contribution in [0.2, 0.25) is 0 Å². The smallest absolute Gasteiger partial charge is 0.416 e. The third-order valence-electron chi connectivity index (χ3n) is 5.72. The van der Waals surface area contributed by atoms with Crippen molar-refractivity contribution in [2.75, 3.05) is 13.1 Å². The van der Waals surface area contributed by atoms with E-state index in [0.29, 0.717) is 24.4 Å². The summed E-state index contributed by atoms with van der Waals surface area (Å²) in [5.74, 6) is 0.570. The van der Waals surface area contributed by atoms with Crippen molar-refractivity contribution in [1.29, 1.82) is 0 Å². The van der Waals surface area contributed by atoms with Crippen LogP contribution in [0.15, 0.2) is 64.3 Å². The Bertz CT molecular complexity index is 1250. The Hall–Kier alpha value is -3.33. The molecule has 1 N–H and O–H groups in total. The molecular formula is C24H24F3N3O3. The monoisotopic (exact) mass is 459 g/mol. The number of halogens is 3. The van der Waals surface area contributed by atoms with E-state index in [1.54, 1.807) is 35.9 Å². The molecule has 1 aromatic heterocycles. The number of alkyl halides is 3. The zero-order valence-corrected chi connectivity index (χ0v) is 18.1. The minimum Gasteiger partial charge on any atom is -0.457 e. The zero-order chi connectivity index (χ0) is 23.6. The molecule has 0 amide bonds. The van der Waals surface area contributed by atoms with Gasteiger partial charge >= 0.3 is 11.9 Å². The van der Waals surface area contributed by atoms with E-state index in [1.807, 2.05) is 6.07 Å². The molecule has 0 saturated carbocycles. The van der Waals surface area contributed by atoms with E-state index in [-0.39, 0.29) is 17.4 Å². The van der Waals surface area contributed by atoms with Crippen molar-refractivity contribution in [3.63, 3.8) is 0 Å². The normalized spacial score (nSPS) is 17.2. The van der Waals surface area contributed by atoms with E-state index >= 15 is 0 Å². The van der Waals surface area contributed by atoms with Crippen LogP contribution >= 0.6 is 0 Å². The summed E-state index contributed by atoms with van der Waals surface area (Å²) >= 11 is 0. The van der Waals surface area contributed by atoms with Crippen LogP contribution in [0, 0.1) is 6.92 Å². The number of aryl methyl sites for hydroxylation is 1. The Morgan fingerprint density at radius 3 is 2.58 bits per heavy atom. The zero-order valence-electron chi connectivity index (χ0n) is 18.1. The minimum absolute atomic E-state index is 0.0497. The number of rotatable bonds is 5. The highest BCUT2D eigenvalue weighted by atomic mass is 19.4. The van der Waals surface area contributed by atoms with E-state index in [1.165, 1.54) is 12.1 Å². The summed E-state index contributed by atoms with van der Waals surface area (Å²) in [4.78, 5) is 28.5. The lowest BCUT2D eigenvalue weighted by molar-refractivity contribution is -0.137. The molecule has 9 heteroatoms. The Morgan fingerprint density at radius 1 is 1.09 bits per heavy atom. The fourth-order valence-corrected chi connectivity index (χ4v) is 4.10. The van der Waals surface area contributed by atoms with Crippen LogP contribution in [0.5, 0.6) is 11.5 Å². The number of piperidine rings is 1. The highest BCUT2D eigenvalue weighted by Gasteiger charge is 2.30. The molecule has 174 valence electrons. The molecule has 2 heterocycles. The summed E-state index contributed by atoms with van der Waals surface area (Å²) in [5, 5.41) is 0. The largest absolute Gasteiger partial charge is 0.457 e. The molecular weight excluding hydrogens is 435 g/mol. The third-order valence-corrected chi connectivity index (χ3v) is 5.72. The van der Waals surface area contributed by atoms with E-state index < -0.39 is 17.4 Å². The maximum Gasteiger partial charge on any atom is 0.416 e. The van der Waals surface area contributed by atoms with E-state index in [0.717, 1.165) is 37.1 Å². The summed E-state index contributed by atoms with van der Waals surface area (Å²) in [6.45, 7) is 3.77. The number of aromatic amines is 1. The lowest BCUT2D eigenvalue weighted by Crippen LogP contribution is -2.41. The molecule has 2 aromatic carbocycles. The Labute approximate surface area is 188 Å². The van der Waals surface area contributed by atoms with Gasteiger partial charge in [0, 0.05) is 24.8 Å². The predicted molar refractivity (Wildman–Crippen MR) is 118 cm³/mol. The average Bonchev–Trinajstić information content (AvgIpc) is 2.76.